The highest BCUT2D eigenvalue weighted by molar-refractivity contribution is 7.13. The number of nitrogens with one attached hydrogen (secondary N) is 1. The average molecular weight is 310 g/mol. The van der Waals surface area contributed by atoms with E-state index in [9.17, 15) is 4.79 Å². The van der Waals surface area contributed by atoms with Crippen molar-refractivity contribution < 1.29 is 10.0 Å². The number of carbonyl (C=O) groups excluding carboxylic acids is 1. The molecule has 6 nitrogen and oxygen atoms in total. The van der Waals surface area contributed by atoms with Crippen LogP contribution in [-0.2, 0) is 0 Å². The Balaban J connectivity index is 2.23. The Kier molecular flexibility index (Phi) is 4.51. The first-order chi connectivity index (χ1) is 9.88. The lowest BCUT2D eigenvalue weighted by Gasteiger charge is -2.38. The molecule has 0 aliphatic heterocycles. The highest BCUT2D eigenvalue weighted by Crippen LogP contribution is 2.33. The number of aryl methyl sites for hydroxylation is 2. The molecule has 1 heterocycles. The van der Waals surface area contributed by atoms with Gasteiger partial charge in [-0.15, -0.1) is 11.3 Å². The molecule has 0 radical (unpaired) electrons. The lowest BCUT2D eigenvalue weighted by atomic mass is 9.76. The number of aromatic nitrogens is 1. The van der Waals surface area contributed by atoms with Crippen LogP contribution >= 0.6 is 11.3 Å². The van der Waals surface area contributed by atoms with Gasteiger partial charge in [0.25, 0.3) is 5.91 Å². The zero-order valence-electron chi connectivity index (χ0n) is 12.6. The predicted molar refractivity (Wildman–Crippen MR) is 82.8 cm³/mol. The van der Waals surface area contributed by atoms with Crippen LogP contribution in [0.15, 0.2) is 5.16 Å². The normalized spacial score (nSPS) is 26.6. The number of thiazole rings is 1. The molecule has 1 aliphatic carbocycles. The van der Waals surface area contributed by atoms with Gasteiger partial charge in [-0.05, 0) is 45.4 Å². The van der Waals surface area contributed by atoms with Gasteiger partial charge in [-0.2, -0.15) is 0 Å². The maximum absolute atomic E-state index is 12.5. The molecular weight excluding hydrogens is 288 g/mol. The molecule has 0 aromatic carbocycles. The molecule has 0 saturated heterocycles. The van der Waals surface area contributed by atoms with Crippen LogP contribution in [0.3, 0.4) is 0 Å². The van der Waals surface area contributed by atoms with E-state index < -0.39 is 5.54 Å². The third-order valence-electron chi connectivity index (χ3n) is 4.19. The molecule has 1 saturated carbocycles. The van der Waals surface area contributed by atoms with Crippen molar-refractivity contribution in [3.8, 4) is 0 Å². The molecule has 21 heavy (non-hydrogen) atoms. The predicted octanol–water partition coefficient (Wildman–Crippen LogP) is 2.19. The van der Waals surface area contributed by atoms with E-state index in [0.717, 1.165) is 17.8 Å². The number of carbonyl (C=O) groups is 1. The second-order valence-corrected chi connectivity index (χ2v) is 7.05. The molecule has 4 N–H and O–H groups in total. The van der Waals surface area contributed by atoms with Crippen LogP contribution in [0, 0.1) is 19.8 Å². The number of nitrogens with zero attached hydrogens (tertiary/aromatic N) is 2. The largest absolute Gasteiger partial charge is 0.409 e. The molecule has 2 rings (SSSR count). The summed E-state index contributed by atoms with van der Waals surface area (Å²) in [5.41, 5.74) is 5.84. The minimum absolute atomic E-state index is 0.0849. The Morgan fingerprint density at radius 1 is 1.48 bits per heavy atom. The first kappa shape index (κ1) is 15.8. The van der Waals surface area contributed by atoms with Crippen LogP contribution in [0.4, 0.5) is 0 Å². The average Bonchev–Trinajstić information content (AvgIpc) is 2.79. The molecule has 1 fully saturated rings. The summed E-state index contributed by atoms with van der Waals surface area (Å²) < 4.78 is 0. The molecular formula is C14H22N4O2S. The number of nitrogens with two attached hydrogens (primary N) is 1. The number of amides is 1. The first-order valence-corrected chi connectivity index (χ1v) is 7.94. The molecule has 1 aromatic heterocycles. The van der Waals surface area contributed by atoms with Crippen molar-refractivity contribution in [3.05, 3.63) is 15.6 Å². The van der Waals surface area contributed by atoms with Gasteiger partial charge >= 0.3 is 0 Å². The monoisotopic (exact) mass is 310 g/mol. The molecule has 116 valence electrons. The Morgan fingerprint density at radius 3 is 2.57 bits per heavy atom. The van der Waals surface area contributed by atoms with Gasteiger partial charge in [0.1, 0.15) is 10.4 Å². The molecule has 0 spiro atoms. The fourth-order valence-corrected chi connectivity index (χ4v) is 3.63. The Hall–Kier alpha value is -1.63. The zero-order chi connectivity index (χ0) is 15.6. The molecule has 0 bridgehead atoms. The van der Waals surface area contributed by atoms with Gasteiger partial charge in [-0.1, -0.05) is 12.1 Å². The third-order valence-corrected chi connectivity index (χ3v) is 5.26. The van der Waals surface area contributed by atoms with E-state index in [1.54, 1.807) is 0 Å². The summed E-state index contributed by atoms with van der Waals surface area (Å²) >= 11 is 1.36. The van der Waals surface area contributed by atoms with E-state index in [4.69, 9.17) is 10.9 Å². The van der Waals surface area contributed by atoms with E-state index in [2.05, 4.69) is 22.4 Å². The molecule has 1 aromatic rings. The van der Waals surface area contributed by atoms with Gasteiger partial charge < -0.3 is 16.3 Å². The van der Waals surface area contributed by atoms with Crippen molar-refractivity contribution in [1.29, 1.82) is 0 Å². The summed E-state index contributed by atoms with van der Waals surface area (Å²) in [5, 5.41) is 16.1. The van der Waals surface area contributed by atoms with Crippen molar-refractivity contribution in [2.24, 2.45) is 16.8 Å². The highest BCUT2D eigenvalue weighted by Gasteiger charge is 2.40. The Labute approximate surface area is 128 Å². The quantitative estimate of drug-likeness (QED) is 0.345. The maximum Gasteiger partial charge on any atom is 0.264 e. The van der Waals surface area contributed by atoms with Crippen LogP contribution in [0.25, 0.3) is 0 Å². The molecule has 0 unspecified atom stereocenters. The summed E-state index contributed by atoms with van der Waals surface area (Å²) in [6, 6.07) is 0. The van der Waals surface area contributed by atoms with Gasteiger partial charge in [-0.3, -0.25) is 4.79 Å². The van der Waals surface area contributed by atoms with Crippen LogP contribution in [0.1, 0.15) is 53.0 Å². The number of amidine groups is 1. The number of hydrogen-bond acceptors (Lipinski definition) is 5. The van der Waals surface area contributed by atoms with Crippen molar-refractivity contribution >= 4 is 23.1 Å². The van der Waals surface area contributed by atoms with Crippen LogP contribution in [0.2, 0.25) is 0 Å². The summed E-state index contributed by atoms with van der Waals surface area (Å²) in [6.07, 6.45) is 3.26. The smallest absolute Gasteiger partial charge is 0.264 e. The zero-order valence-corrected chi connectivity index (χ0v) is 13.5. The van der Waals surface area contributed by atoms with Gasteiger partial charge in [-0.25, -0.2) is 4.98 Å². The van der Waals surface area contributed by atoms with Crippen LogP contribution in [-0.4, -0.2) is 27.5 Å². The Morgan fingerprint density at radius 2 is 2.10 bits per heavy atom. The molecule has 0 atom stereocenters. The lowest BCUT2D eigenvalue weighted by molar-refractivity contribution is 0.0901. The highest BCUT2D eigenvalue weighted by atomic mass is 32.1. The fourth-order valence-electron chi connectivity index (χ4n) is 2.81. The second kappa shape index (κ2) is 6.01. The van der Waals surface area contributed by atoms with E-state index >= 15 is 0 Å². The van der Waals surface area contributed by atoms with Crippen molar-refractivity contribution in [2.75, 3.05) is 0 Å². The summed E-state index contributed by atoms with van der Waals surface area (Å²) in [5.74, 6) is 0.481. The van der Waals surface area contributed by atoms with Gasteiger partial charge in [0.05, 0.1) is 10.7 Å². The number of rotatable bonds is 3. The minimum Gasteiger partial charge on any atom is -0.409 e. The summed E-state index contributed by atoms with van der Waals surface area (Å²) in [7, 11) is 0. The maximum atomic E-state index is 12.5. The third kappa shape index (κ3) is 3.18. The standard InChI is InChI=1S/C14H22N4O2S/c1-8-4-6-14(7-5-8,13(15)18-20)17-12(19)11-9(2)16-10(3)21-11/h8,20H,4-7H2,1-3H3,(H2,15,18)(H,17,19). The van der Waals surface area contributed by atoms with E-state index in [1.807, 2.05) is 13.8 Å². The Bertz CT molecular complexity index is 559. The second-order valence-electron chi connectivity index (χ2n) is 5.85. The van der Waals surface area contributed by atoms with Crippen molar-refractivity contribution in [1.82, 2.24) is 10.3 Å². The summed E-state index contributed by atoms with van der Waals surface area (Å²) in [6.45, 7) is 5.86. The van der Waals surface area contributed by atoms with Gasteiger partial charge in [0.15, 0.2) is 5.84 Å². The lowest BCUT2D eigenvalue weighted by Crippen LogP contribution is -2.59. The number of hydrogen-bond donors (Lipinski definition) is 3. The van der Waals surface area contributed by atoms with Crippen molar-refractivity contribution in [2.45, 2.75) is 52.0 Å². The molecule has 1 aliphatic rings. The fraction of sp³-hybridized carbons (Fsp3) is 0.643. The molecule has 7 heteroatoms. The van der Waals surface area contributed by atoms with E-state index in [1.165, 1.54) is 11.3 Å². The van der Waals surface area contributed by atoms with Gasteiger partial charge in [0.2, 0.25) is 0 Å². The summed E-state index contributed by atoms with van der Waals surface area (Å²) in [4.78, 5) is 17.4. The minimum atomic E-state index is -0.747. The SMILES string of the molecule is Cc1nc(C)c(C(=O)NC2(C(N)=NO)CCC(C)CC2)s1. The van der Waals surface area contributed by atoms with Crippen LogP contribution < -0.4 is 11.1 Å². The van der Waals surface area contributed by atoms with E-state index in [-0.39, 0.29) is 11.7 Å². The van der Waals surface area contributed by atoms with Crippen LogP contribution in [0.5, 0.6) is 0 Å². The van der Waals surface area contributed by atoms with E-state index in [0.29, 0.717) is 29.3 Å². The topological polar surface area (TPSA) is 101 Å². The first-order valence-electron chi connectivity index (χ1n) is 7.12. The van der Waals surface area contributed by atoms with Crippen molar-refractivity contribution in [3.63, 3.8) is 0 Å². The number of oxime groups is 1. The molecule has 1 amide bonds. The van der Waals surface area contributed by atoms with Gasteiger partial charge in [0, 0.05) is 0 Å².